The minimum absolute atomic E-state index is 0.0565. The minimum atomic E-state index is -3.98. The number of nitrogens with zero attached hydrogens (tertiary/aromatic N) is 4. The quantitative estimate of drug-likeness (QED) is 0.667. The van der Waals surface area contributed by atoms with Crippen LogP contribution in [0.5, 0.6) is 0 Å². The Morgan fingerprint density at radius 2 is 2.08 bits per heavy atom. The van der Waals surface area contributed by atoms with Gasteiger partial charge in [0.25, 0.3) is 0 Å². The number of sulfonamides is 1. The van der Waals surface area contributed by atoms with E-state index < -0.39 is 10.0 Å². The number of aliphatic imine (C=N–C) groups is 1. The molecule has 0 unspecified atom stereocenters. The number of nitrogens with two attached hydrogens (primary N) is 1. The Morgan fingerprint density at radius 3 is 2.73 bits per heavy atom. The van der Waals surface area contributed by atoms with E-state index in [4.69, 9.17) is 5.14 Å². The van der Waals surface area contributed by atoms with Gasteiger partial charge in [-0.2, -0.15) is 0 Å². The van der Waals surface area contributed by atoms with Crippen molar-refractivity contribution in [3.8, 4) is 22.5 Å². The first kappa shape index (κ1) is 17.6. The van der Waals surface area contributed by atoms with E-state index in [-0.39, 0.29) is 10.7 Å². The second-order valence-electron chi connectivity index (χ2n) is 5.54. The molecule has 3 rings (SSSR count). The maximum atomic E-state index is 12.1. The van der Waals surface area contributed by atoms with Crippen LogP contribution in [0.1, 0.15) is 11.1 Å². The largest absolute Gasteiger partial charge is 0.272 e. The van der Waals surface area contributed by atoms with Crippen LogP contribution in [-0.4, -0.2) is 35.8 Å². The van der Waals surface area contributed by atoms with Gasteiger partial charge in [0.1, 0.15) is 0 Å². The molecule has 0 bridgehead atoms. The fourth-order valence-corrected chi connectivity index (χ4v) is 3.40. The lowest BCUT2D eigenvalue weighted by molar-refractivity contribution is 0.598. The highest BCUT2D eigenvalue weighted by Crippen LogP contribution is 2.35. The van der Waals surface area contributed by atoms with E-state index in [1.807, 2.05) is 31.2 Å². The molecule has 0 saturated carbocycles. The SMILES string of the molecule is C=N/C=C\c1cc(-c2cccc(S(N)(=O)=O)c2-c2nnn[nH]2)ccc1C. The molecule has 0 fully saturated rings. The summed E-state index contributed by atoms with van der Waals surface area (Å²) in [5, 5.41) is 18.9. The normalized spacial score (nSPS) is 11.8. The summed E-state index contributed by atoms with van der Waals surface area (Å²) in [4.78, 5) is 3.66. The molecule has 0 aliphatic heterocycles. The Bertz CT molecular complexity index is 1090. The van der Waals surface area contributed by atoms with Crippen molar-refractivity contribution in [3.63, 3.8) is 0 Å². The molecule has 2 aromatic carbocycles. The number of primary sulfonamides is 1. The average molecular weight is 368 g/mol. The van der Waals surface area contributed by atoms with Crippen molar-refractivity contribution in [3.05, 3.63) is 53.7 Å². The Morgan fingerprint density at radius 1 is 1.27 bits per heavy atom. The van der Waals surface area contributed by atoms with Crippen LogP contribution < -0.4 is 5.14 Å². The predicted molar refractivity (Wildman–Crippen MR) is 99.7 cm³/mol. The summed E-state index contributed by atoms with van der Waals surface area (Å²) in [6.07, 6.45) is 3.42. The maximum absolute atomic E-state index is 12.1. The zero-order valence-corrected chi connectivity index (χ0v) is 14.7. The van der Waals surface area contributed by atoms with Crippen molar-refractivity contribution in [1.29, 1.82) is 0 Å². The molecule has 26 heavy (non-hydrogen) atoms. The van der Waals surface area contributed by atoms with E-state index in [0.29, 0.717) is 11.1 Å². The standard InChI is InChI=1S/C17H16N6O2S/c1-11-6-7-13(10-12(11)8-9-19-2)14-4-3-5-15(26(18,24)25)16(14)17-20-22-23-21-17/h3-10H,2H2,1H3,(H2,18,24,25)(H,20,21,22,23)/b9-8-. The van der Waals surface area contributed by atoms with Crippen LogP contribution in [0.25, 0.3) is 28.6 Å². The Hall–Kier alpha value is -3.17. The minimum Gasteiger partial charge on any atom is -0.272 e. The molecule has 1 aromatic heterocycles. The molecule has 1 heterocycles. The van der Waals surface area contributed by atoms with Crippen LogP contribution in [0.2, 0.25) is 0 Å². The zero-order chi connectivity index (χ0) is 18.7. The molecule has 132 valence electrons. The van der Waals surface area contributed by atoms with Crippen LogP contribution in [0, 0.1) is 6.92 Å². The van der Waals surface area contributed by atoms with Crippen molar-refractivity contribution in [1.82, 2.24) is 20.6 Å². The topological polar surface area (TPSA) is 127 Å². The summed E-state index contributed by atoms with van der Waals surface area (Å²) in [7, 11) is -3.98. The number of rotatable bonds is 5. The van der Waals surface area contributed by atoms with Crippen LogP contribution in [0.3, 0.4) is 0 Å². The van der Waals surface area contributed by atoms with Crippen molar-refractivity contribution < 1.29 is 8.42 Å². The molecule has 0 saturated heterocycles. The van der Waals surface area contributed by atoms with Crippen molar-refractivity contribution in [2.75, 3.05) is 0 Å². The smallest absolute Gasteiger partial charge is 0.238 e. The molecule has 0 spiro atoms. The highest BCUT2D eigenvalue weighted by Gasteiger charge is 2.22. The molecule has 0 amide bonds. The third kappa shape index (κ3) is 3.44. The van der Waals surface area contributed by atoms with Gasteiger partial charge in [-0.1, -0.05) is 24.3 Å². The highest BCUT2D eigenvalue weighted by molar-refractivity contribution is 7.89. The number of H-pyrrole nitrogens is 1. The lowest BCUT2D eigenvalue weighted by Crippen LogP contribution is -2.14. The van der Waals surface area contributed by atoms with Crippen molar-refractivity contribution >= 4 is 22.8 Å². The highest BCUT2D eigenvalue weighted by atomic mass is 32.2. The van der Waals surface area contributed by atoms with Crippen molar-refractivity contribution in [2.24, 2.45) is 10.1 Å². The van der Waals surface area contributed by atoms with Gasteiger partial charge in [0.2, 0.25) is 10.0 Å². The number of aromatic nitrogens is 4. The summed E-state index contributed by atoms with van der Waals surface area (Å²) in [5.74, 6) is 0.218. The Balaban J connectivity index is 2.30. The molecule has 9 heteroatoms. The molecule has 3 aromatic rings. The number of tetrazole rings is 1. The molecular formula is C17H16N6O2S. The number of hydrogen-bond donors (Lipinski definition) is 2. The van der Waals surface area contributed by atoms with E-state index >= 15 is 0 Å². The van der Waals surface area contributed by atoms with E-state index in [1.165, 1.54) is 6.07 Å². The lowest BCUT2D eigenvalue weighted by atomic mass is 9.95. The summed E-state index contributed by atoms with van der Waals surface area (Å²) in [6, 6.07) is 10.6. The van der Waals surface area contributed by atoms with Gasteiger partial charge in [-0.3, -0.25) is 4.99 Å². The fourth-order valence-electron chi connectivity index (χ4n) is 2.64. The average Bonchev–Trinajstić information content (AvgIpc) is 3.14. The van der Waals surface area contributed by atoms with Gasteiger partial charge in [-0.25, -0.2) is 18.7 Å². The molecule has 0 aliphatic carbocycles. The fraction of sp³-hybridized carbons (Fsp3) is 0.0588. The molecular weight excluding hydrogens is 352 g/mol. The number of aryl methyl sites for hydroxylation is 1. The van der Waals surface area contributed by atoms with E-state index in [2.05, 4.69) is 32.3 Å². The van der Waals surface area contributed by atoms with Crippen LogP contribution in [-0.2, 0) is 10.0 Å². The molecule has 8 nitrogen and oxygen atoms in total. The van der Waals surface area contributed by atoms with Crippen LogP contribution in [0.15, 0.2) is 52.5 Å². The van der Waals surface area contributed by atoms with Gasteiger partial charge in [0.15, 0.2) is 5.82 Å². The summed E-state index contributed by atoms with van der Waals surface area (Å²) in [5.41, 5.74) is 3.71. The third-order valence-electron chi connectivity index (χ3n) is 3.86. The van der Waals surface area contributed by atoms with Crippen LogP contribution in [0.4, 0.5) is 0 Å². The second kappa shape index (κ2) is 6.98. The Kier molecular flexibility index (Phi) is 4.74. The van der Waals surface area contributed by atoms with Crippen molar-refractivity contribution in [2.45, 2.75) is 11.8 Å². The number of benzene rings is 2. The zero-order valence-electron chi connectivity index (χ0n) is 13.9. The van der Waals surface area contributed by atoms with E-state index in [0.717, 1.165) is 16.7 Å². The summed E-state index contributed by atoms with van der Waals surface area (Å²) < 4.78 is 24.1. The molecule has 0 aliphatic rings. The Labute approximate surface area is 150 Å². The maximum Gasteiger partial charge on any atom is 0.238 e. The van der Waals surface area contributed by atoms with Crippen LogP contribution >= 0.6 is 0 Å². The number of aromatic amines is 1. The van der Waals surface area contributed by atoms with Gasteiger partial charge < -0.3 is 0 Å². The first-order valence-corrected chi connectivity index (χ1v) is 9.10. The first-order chi connectivity index (χ1) is 12.4. The molecule has 0 radical (unpaired) electrons. The van der Waals surface area contributed by atoms with Gasteiger partial charge in [-0.15, -0.1) is 5.10 Å². The van der Waals surface area contributed by atoms with Gasteiger partial charge in [-0.05, 0) is 64.5 Å². The lowest BCUT2D eigenvalue weighted by Gasteiger charge is -2.13. The van der Waals surface area contributed by atoms with Gasteiger partial charge >= 0.3 is 0 Å². The monoisotopic (exact) mass is 368 g/mol. The third-order valence-corrected chi connectivity index (χ3v) is 4.82. The first-order valence-electron chi connectivity index (χ1n) is 7.55. The predicted octanol–water partition coefficient (Wildman–Crippen LogP) is 2.16. The second-order valence-corrected chi connectivity index (χ2v) is 7.07. The summed E-state index contributed by atoms with van der Waals surface area (Å²) >= 11 is 0. The van der Waals surface area contributed by atoms with E-state index in [1.54, 1.807) is 18.3 Å². The molecule has 0 atom stereocenters. The summed E-state index contributed by atoms with van der Waals surface area (Å²) in [6.45, 7) is 5.40. The molecule has 3 N–H and O–H groups in total. The van der Waals surface area contributed by atoms with Gasteiger partial charge in [0.05, 0.1) is 4.90 Å². The number of hydrogen-bond acceptors (Lipinski definition) is 6. The number of nitrogens with one attached hydrogen (secondary N) is 1. The van der Waals surface area contributed by atoms with Gasteiger partial charge in [0, 0.05) is 11.8 Å². The van der Waals surface area contributed by atoms with E-state index in [9.17, 15) is 8.42 Å².